The van der Waals surface area contributed by atoms with Crippen LogP contribution in [0.5, 0.6) is 17.2 Å². The largest absolute Gasteiger partial charge is 0.491 e. The monoisotopic (exact) mass is 523 g/mol. The van der Waals surface area contributed by atoms with Crippen molar-refractivity contribution in [2.45, 2.75) is 45.6 Å². The normalized spacial score (nSPS) is 14.3. The molecule has 1 heterocycles. The highest BCUT2D eigenvalue weighted by Crippen LogP contribution is 2.42. The van der Waals surface area contributed by atoms with E-state index >= 15 is 0 Å². The quantitative estimate of drug-likeness (QED) is 0.199. The van der Waals surface area contributed by atoms with E-state index in [0.29, 0.717) is 26.4 Å². The fraction of sp³-hybridized carbons (Fsp3) is 0.294. The number of ether oxygens (including phenoxy) is 4. The number of benzene rings is 4. The van der Waals surface area contributed by atoms with E-state index in [1.807, 2.05) is 42.5 Å². The molecule has 1 atom stereocenters. The second-order valence-electron chi connectivity index (χ2n) is 10.1. The summed E-state index contributed by atoms with van der Waals surface area (Å²) in [6.45, 7) is 7.27. The Balaban J connectivity index is 1.48. The van der Waals surface area contributed by atoms with E-state index in [0.717, 1.165) is 40.5 Å². The topological polar surface area (TPSA) is 49.0 Å². The van der Waals surface area contributed by atoms with Crippen molar-refractivity contribution < 1.29 is 18.9 Å². The van der Waals surface area contributed by atoms with E-state index in [2.05, 4.69) is 67.7 Å². The molecule has 0 spiro atoms. The lowest BCUT2D eigenvalue weighted by atomic mass is 9.92. The Morgan fingerprint density at radius 1 is 0.718 bits per heavy atom. The first-order chi connectivity index (χ1) is 19.1. The lowest BCUT2D eigenvalue weighted by Crippen LogP contribution is -2.16. The van der Waals surface area contributed by atoms with Crippen molar-refractivity contribution in [3.8, 4) is 17.2 Å². The van der Waals surface area contributed by atoms with Gasteiger partial charge in [-0.25, -0.2) is 0 Å². The van der Waals surface area contributed by atoms with Crippen molar-refractivity contribution in [2.75, 3.05) is 20.3 Å². The first-order valence-corrected chi connectivity index (χ1v) is 13.6. The Morgan fingerprint density at radius 3 is 2.03 bits per heavy atom. The van der Waals surface area contributed by atoms with Crippen LogP contribution in [-0.2, 0) is 24.5 Å². The van der Waals surface area contributed by atoms with Crippen LogP contribution >= 0.6 is 0 Å². The summed E-state index contributed by atoms with van der Waals surface area (Å²) in [6.07, 6.45) is 0. The summed E-state index contributed by atoms with van der Waals surface area (Å²) in [6, 6.07) is 31.2. The Labute approximate surface area is 231 Å². The van der Waals surface area contributed by atoms with Gasteiger partial charge in [-0.1, -0.05) is 80.6 Å². The van der Waals surface area contributed by atoms with Gasteiger partial charge in [0.15, 0.2) is 0 Å². The molecule has 4 aromatic carbocycles. The van der Waals surface area contributed by atoms with Gasteiger partial charge in [0.2, 0.25) is 0 Å². The van der Waals surface area contributed by atoms with Crippen molar-refractivity contribution in [2.24, 2.45) is 0 Å². The van der Waals surface area contributed by atoms with Gasteiger partial charge in [0.25, 0.3) is 0 Å². The van der Waals surface area contributed by atoms with Gasteiger partial charge in [0.05, 0.1) is 12.6 Å². The molecule has 0 aliphatic carbocycles. The van der Waals surface area contributed by atoms with Crippen molar-refractivity contribution in [1.29, 1.82) is 0 Å². The van der Waals surface area contributed by atoms with Crippen molar-refractivity contribution >= 4 is 0 Å². The standard InChI is InChI=1S/C34H37NO4/c1-24(2)30-19-31(34-29-15-14-28(37-17-16-36-3)18-27(29)21-35-34)33(39-23-26-12-8-5-9-13-26)20-32(30)38-22-25-10-6-4-7-11-25/h4-15,18-20,24,34-35H,16-17,21-23H2,1-3H3. The van der Waals surface area contributed by atoms with Crippen LogP contribution in [-0.4, -0.2) is 20.3 Å². The van der Waals surface area contributed by atoms with E-state index in [9.17, 15) is 0 Å². The van der Waals surface area contributed by atoms with Gasteiger partial charge in [-0.05, 0) is 51.9 Å². The van der Waals surface area contributed by atoms with E-state index in [4.69, 9.17) is 18.9 Å². The molecular weight excluding hydrogens is 486 g/mol. The zero-order chi connectivity index (χ0) is 27.0. The Hall–Kier alpha value is -3.80. The highest BCUT2D eigenvalue weighted by Gasteiger charge is 2.28. The Morgan fingerprint density at radius 2 is 1.38 bits per heavy atom. The van der Waals surface area contributed by atoms with Crippen LogP contribution in [0, 0.1) is 0 Å². The molecule has 1 N–H and O–H groups in total. The summed E-state index contributed by atoms with van der Waals surface area (Å²) < 4.78 is 23.9. The number of methoxy groups -OCH3 is 1. The highest BCUT2D eigenvalue weighted by molar-refractivity contribution is 5.54. The van der Waals surface area contributed by atoms with E-state index in [-0.39, 0.29) is 12.0 Å². The van der Waals surface area contributed by atoms with Gasteiger partial charge in [0.1, 0.15) is 37.1 Å². The zero-order valence-corrected chi connectivity index (χ0v) is 23.0. The molecule has 5 nitrogen and oxygen atoms in total. The fourth-order valence-electron chi connectivity index (χ4n) is 4.94. The lowest BCUT2D eigenvalue weighted by molar-refractivity contribution is 0.146. The third kappa shape index (κ3) is 6.62. The minimum absolute atomic E-state index is 0.0134. The average molecular weight is 524 g/mol. The molecule has 0 bridgehead atoms. The molecule has 4 aromatic rings. The smallest absolute Gasteiger partial charge is 0.128 e. The van der Waals surface area contributed by atoms with Crippen molar-refractivity contribution in [3.63, 3.8) is 0 Å². The third-order valence-electron chi connectivity index (χ3n) is 7.03. The molecule has 5 rings (SSSR count). The van der Waals surface area contributed by atoms with Crippen molar-refractivity contribution in [1.82, 2.24) is 5.32 Å². The highest BCUT2D eigenvalue weighted by atomic mass is 16.5. The van der Waals surface area contributed by atoms with E-state index < -0.39 is 0 Å². The second-order valence-corrected chi connectivity index (χ2v) is 10.1. The fourth-order valence-corrected chi connectivity index (χ4v) is 4.94. The summed E-state index contributed by atoms with van der Waals surface area (Å²) in [5.74, 6) is 2.84. The van der Waals surface area contributed by atoms with Crippen molar-refractivity contribution in [3.05, 3.63) is 124 Å². The van der Waals surface area contributed by atoms with Gasteiger partial charge in [-0.2, -0.15) is 0 Å². The van der Waals surface area contributed by atoms with E-state index in [1.54, 1.807) is 7.11 Å². The van der Waals surface area contributed by atoms with Crippen LogP contribution in [0.3, 0.4) is 0 Å². The first-order valence-electron chi connectivity index (χ1n) is 13.6. The maximum Gasteiger partial charge on any atom is 0.128 e. The number of rotatable bonds is 12. The first kappa shape index (κ1) is 26.8. The molecule has 1 unspecified atom stereocenters. The summed E-state index contributed by atoms with van der Waals surface area (Å²) in [5.41, 5.74) is 7.03. The molecule has 0 saturated carbocycles. The van der Waals surface area contributed by atoms with E-state index in [1.165, 1.54) is 16.7 Å². The van der Waals surface area contributed by atoms with Crippen LogP contribution in [0.2, 0.25) is 0 Å². The predicted molar refractivity (Wildman–Crippen MR) is 155 cm³/mol. The molecule has 39 heavy (non-hydrogen) atoms. The van der Waals surface area contributed by atoms with Gasteiger partial charge in [0, 0.05) is 25.3 Å². The second kappa shape index (κ2) is 12.8. The molecule has 0 radical (unpaired) electrons. The van der Waals surface area contributed by atoms with Gasteiger partial charge >= 0.3 is 0 Å². The minimum atomic E-state index is 0.0134. The summed E-state index contributed by atoms with van der Waals surface area (Å²) in [4.78, 5) is 0. The average Bonchev–Trinajstić information content (AvgIpc) is 3.39. The summed E-state index contributed by atoms with van der Waals surface area (Å²) in [7, 11) is 1.68. The van der Waals surface area contributed by atoms with Crippen LogP contribution in [0.4, 0.5) is 0 Å². The number of nitrogens with one attached hydrogen (secondary N) is 1. The predicted octanol–water partition coefficient (Wildman–Crippen LogP) is 7.19. The van der Waals surface area contributed by atoms with Crippen LogP contribution in [0.15, 0.2) is 91.0 Å². The number of hydrogen-bond acceptors (Lipinski definition) is 5. The minimum Gasteiger partial charge on any atom is -0.491 e. The van der Waals surface area contributed by atoms with Crippen LogP contribution < -0.4 is 19.5 Å². The van der Waals surface area contributed by atoms with Gasteiger partial charge < -0.3 is 24.3 Å². The molecule has 1 aliphatic rings. The van der Waals surface area contributed by atoms with Crippen LogP contribution in [0.25, 0.3) is 0 Å². The molecule has 0 amide bonds. The van der Waals surface area contributed by atoms with Gasteiger partial charge in [-0.3, -0.25) is 0 Å². The Kier molecular flexibility index (Phi) is 8.82. The molecular formula is C34H37NO4. The Bertz CT molecular complexity index is 1350. The zero-order valence-electron chi connectivity index (χ0n) is 23.0. The maximum atomic E-state index is 6.51. The number of fused-ring (bicyclic) bond motifs is 1. The molecule has 0 aromatic heterocycles. The maximum absolute atomic E-state index is 6.51. The summed E-state index contributed by atoms with van der Waals surface area (Å²) in [5, 5.41) is 3.71. The van der Waals surface area contributed by atoms with Gasteiger partial charge in [-0.15, -0.1) is 0 Å². The molecule has 0 fully saturated rings. The number of hydrogen-bond donors (Lipinski definition) is 1. The van der Waals surface area contributed by atoms with Crippen LogP contribution in [0.1, 0.15) is 59.2 Å². The molecule has 0 saturated heterocycles. The molecule has 1 aliphatic heterocycles. The SMILES string of the molecule is COCCOc1ccc2c(c1)CNC2c1cc(C(C)C)c(OCc2ccccc2)cc1OCc1ccccc1. The lowest BCUT2D eigenvalue weighted by Gasteiger charge is -2.23. The molecule has 202 valence electrons. The summed E-state index contributed by atoms with van der Waals surface area (Å²) >= 11 is 0. The molecule has 5 heteroatoms. The third-order valence-corrected chi connectivity index (χ3v) is 7.03.